The summed E-state index contributed by atoms with van der Waals surface area (Å²) in [5, 5.41) is 28.9. The third-order valence-electron chi connectivity index (χ3n) is 3.01. The summed E-state index contributed by atoms with van der Waals surface area (Å²) in [6.07, 6.45) is 0. The number of aliphatic hydroxyl groups is 2. The Labute approximate surface area is 112 Å². The number of anilines is 1. The van der Waals surface area contributed by atoms with Gasteiger partial charge in [0.25, 0.3) is 5.69 Å². The molecule has 2 aromatic rings. The van der Waals surface area contributed by atoms with Crippen molar-refractivity contribution in [3.8, 4) is 0 Å². The topological polar surface area (TPSA) is 137 Å². The molecular formula is C11H14N4O5. The molecule has 0 atom stereocenters. The summed E-state index contributed by atoms with van der Waals surface area (Å²) in [6.45, 7) is -0.481. The highest BCUT2D eigenvalue weighted by Crippen LogP contribution is 2.27. The number of benzene rings is 1. The van der Waals surface area contributed by atoms with E-state index in [2.05, 4.69) is 0 Å². The first-order valence-electron chi connectivity index (χ1n) is 5.90. The van der Waals surface area contributed by atoms with Crippen LogP contribution >= 0.6 is 0 Å². The molecule has 0 aliphatic heterocycles. The zero-order chi connectivity index (χ0) is 14.9. The number of nitrogen functional groups attached to an aromatic ring is 1. The van der Waals surface area contributed by atoms with Crippen LogP contribution in [0.4, 0.5) is 11.4 Å². The molecule has 0 radical (unpaired) electrons. The monoisotopic (exact) mass is 282 g/mol. The maximum absolute atomic E-state index is 12.2. The third-order valence-corrected chi connectivity index (χ3v) is 3.01. The molecule has 9 heteroatoms. The van der Waals surface area contributed by atoms with E-state index in [9.17, 15) is 14.9 Å². The van der Waals surface area contributed by atoms with Crippen LogP contribution in [0.3, 0.4) is 0 Å². The molecule has 0 unspecified atom stereocenters. The van der Waals surface area contributed by atoms with Crippen molar-refractivity contribution in [3.63, 3.8) is 0 Å². The lowest BCUT2D eigenvalue weighted by Crippen LogP contribution is -2.26. The van der Waals surface area contributed by atoms with Crippen molar-refractivity contribution in [2.24, 2.45) is 0 Å². The minimum absolute atomic E-state index is 0.00876. The molecule has 9 nitrogen and oxygen atoms in total. The van der Waals surface area contributed by atoms with Gasteiger partial charge in [0.1, 0.15) is 5.69 Å². The Hall–Kier alpha value is -2.39. The van der Waals surface area contributed by atoms with Crippen molar-refractivity contribution < 1.29 is 15.1 Å². The second kappa shape index (κ2) is 5.31. The van der Waals surface area contributed by atoms with Crippen LogP contribution in [0.25, 0.3) is 11.0 Å². The highest BCUT2D eigenvalue weighted by molar-refractivity contribution is 5.85. The number of nitrogens with zero attached hydrogens (tertiary/aromatic N) is 3. The van der Waals surface area contributed by atoms with Gasteiger partial charge < -0.3 is 15.9 Å². The third kappa shape index (κ3) is 2.12. The van der Waals surface area contributed by atoms with Crippen LogP contribution in [0, 0.1) is 10.1 Å². The molecule has 0 bridgehead atoms. The summed E-state index contributed by atoms with van der Waals surface area (Å²) in [7, 11) is 0. The number of aliphatic hydroxyl groups excluding tert-OH is 2. The predicted molar refractivity (Wildman–Crippen MR) is 71.4 cm³/mol. The fraction of sp³-hybridized carbons (Fsp3) is 0.364. The molecule has 0 spiro atoms. The number of nitro groups is 1. The van der Waals surface area contributed by atoms with Crippen LogP contribution in [-0.2, 0) is 13.1 Å². The molecule has 20 heavy (non-hydrogen) atoms. The summed E-state index contributed by atoms with van der Waals surface area (Å²) < 4.78 is 2.49. The van der Waals surface area contributed by atoms with Gasteiger partial charge >= 0.3 is 5.69 Å². The molecular weight excluding hydrogens is 268 g/mol. The first kappa shape index (κ1) is 14.0. The number of imidazole rings is 1. The first-order valence-corrected chi connectivity index (χ1v) is 5.90. The van der Waals surface area contributed by atoms with Gasteiger partial charge in [-0.1, -0.05) is 0 Å². The van der Waals surface area contributed by atoms with E-state index in [0.29, 0.717) is 11.0 Å². The highest BCUT2D eigenvalue weighted by Gasteiger charge is 2.19. The quantitative estimate of drug-likeness (QED) is 0.376. The molecule has 108 valence electrons. The van der Waals surface area contributed by atoms with Crippen molar-refractivity contribution in [1.82, 2.24) is 9.13 Å². The second-order valence-corrected chi connectivity index (χ2v) is 4.19. The van der Waals surface area contributed by atoms with E-state index < -0.39 is 10.6 Å². The Kier molecular flexibility index (Phi) is 3.72. The fourth-order valence-corrected chi connectivity index (χ4v) is 2.16. The van der Waals surface area contributed by atoms with Gasteiger partial charge in [-0.3, -0.25) is 19.2 Å². The van der Waals surface area contributed by atoms with Gasteiger partial charge in [-0.2, -0.15) is 0 Å². The largest absolute Gasteiger partial charge is 0.395 e. The summed E-state index contributed by atoms with van der Waals surface area (Å²) in [5.41, 5.74) is 5.49. The first-order chi connectivity index (χ1) is 9.51. The molecule has 0 amide bonds. The normalized spacial score (nSPS) is 11.1. The molecule has 0 saturated carbocycles. The van der Waals surface area contributed by atoms with Crippen molar-refractivity contribution in [2.75, 3.05) is 18.9 Å². The minimum Gasteiger partial charge on any atom is -0.395 e. The van der Waals surface area contributed by atoms with E-state index >= 15 is 0 Å². The van der Waals surface area contributed by atoms with Crippen LogP contribution in [-0.4, -0.2) is 37.5 Å². The van der Waals surface area contributed by atoms with Crippen LogP contribution in [0.1, 0.15) is 0 Å². The standard InChI is InChI=1S/C11H14N4O5/c12-7-5-9-10(6-8(7)15(19)20)14(2-4-17)11(18)13(9)1-3-16/h5-6,16-17H,1-4,12H2. The van der Waals surface area contributed by atoms with Crippen LogP contribution in [0.5, 0.6) is 0 Å². The van der Waals surface area contributed by atoms with Crippen LogP contribution < -0.4 is 11.4 Å². The maximum atomic E-state index is 12.2. The minimum atomic E-state index is -0.633. The van der Waals surface area contributed by atoms with E-state index in [4.69, 9.17) is 15.9 Å². The number of hydrogen-bond donors (Lipinski definition) is 3. The predicted octanol–water partition coefficient (Wildman–Crippen LogP) is -0.722. The van der Waals surface area contributed by atoms with E-state index in [0.717, 1.165) is 0 Å². The number of nitro benzene ring substituents is 1. The lowest BCUT2D eigenvalue weighted by atomic mass is 10.2. The Bertz CT molecular complexity index is 718. The SMILES string of the molecule is Nc1cc2c(cc1[N+](=O)[O-])n(CCO)c(=O)n2CCO. The lowest BCUT2D eigenvalue weighted by molar-refractivity contribution is -0.383. The Morgan fingerprint density at radius 1 is 1.15 bits per heavy atom. The van der Waals surface area contributed by atoms with Crippen molar-refractivity contribution >= 4 is 22.4 Å². The molecule has 0 fully saturated rings. The zero-order valence-electron chi connectivity index (χ0n) is 10.5. The van der Waals surface area contributed by atoms with E-state index in [1.165, 1.54) is 21.3 Å². The Morgan fingerprint density at radius 2 is 1.65 bits per heavy atom. The lowest BCUT2D eigenvalue weighted by Gasteiger charge is -2.02. The molecule has 1 aromatic heterocycles. The molecule has 1 heterocycles. The van der Waals surface area contributed by atoms with Crippen LogP contribution in [0.15, 0.2) is 16.9 Å². The number of hydrogen-bond acceptors (Lipinski definition) is 6. The molecule has 1 aromatic carbocycles. The van der Waals surface area contributed by atoms with Gasteiger partial charge in [0.05, 0.1) is 42.3 Å². The number of rotatable bonds is 5. The van der Waals surface area contributed by atoms with Gasteiger partial charge in [-0.15, -0.1) is 0 Å². The molecule has 0 saturated heterocycles. The van der Waals surface area contributed by atoms with Crippen molar-refractivity contribution in [1.29, 1.82) is 0 Å². The van der Waals surface area contributed by atoms with E-state index in [1.807, 2.05) is 0 Å². The van der Waals surface area contributed by atoms with Crippen molar-refractivity contribution in [2.45, 2.75) is 13.1 Å². The van der Waals surface area contributed by atoms with Gasteiger partial charge in [-0.25, -0.2) is 4.79 Å². The van der Waals surface area contributed by atoms with Gasteiger partial charge in [0.15, 0.2) is 0 Å². The average molecular weight is 282 g/mol. The molecule has 2 rings (SSSR count). The van der Waals surface area contributed by atoms with Gasteiger partial charge in [-0.05, 0) is 6.07 Å². The number of nitrogens with two attached hydrogens (primary N) is 1. The van der Waals surface area contributed by atoms with E-state index in [-0.39, 0.29) is 37.7 Å². The smallest absolute Gasteiger partial charge is 0.329 e. The summed E-state index contributed by atoms with van der Waals surface area (Å²) in [6, 6.07) is 2.54. The second-order valence-electron chi connectivity index (χ2n) is 4.19. The Morgan fingerprint density at radius 3 is 2.10 bits per heavy atom. The number of aromatic nitrogens is 2. The zero-order valence-corrected chi connectivity index (χ0v) is 10.5. The van der Waals surface area contributed by atoms with Gasteiger partial charge in [0.2, 0.25) is 0 Å². The molecule has 4 N–H and O–H groups in total. The summed E-state index contributed by atoms with van der Waals surface area (Å²) >= 11 is 0. The van der Waals surface area contributed by atoms with Crippen LogP contribution in [0.2, 0.25) is 0 Å². The highest BCUT2D eigenvalue weighted by atomic mass is 16.6. The Balaban J connectivity index is 2.82. The average Bonchev–Trinajstić information content (AvgIpc) is 2.64. The summed E-state index contributed by atoms with van der Waals surface area (Å²) in [5.74, 6) is 0. The molecule has 0 aliphatic rings. The van der Waals surface area contributed by atoms with Crippen molar-refractivity contribution in [3.05, 3.63) is 32.7 Å². The van der Waals surface area contributed by atoms with Gasteiger partial charge in [0, 0.05) is 6.07 Å². The van der Waals surface area contributed by atoms with E-state index in [1.54, 1.807) is 0 Å². The molecule has 0 aliphatic carbocycles. The number of fused-ring (bicyclic) bond motifs is 1. The fourth-order valence-electron chi connectivity index (χ4n) is 2.16. The summed E-state index contributed by atoms with van der Waals surface area (Å²) in [4.78, 5) is 22.4. The maximum Gasteiger partial charge on any atom is 0.329 e.